The highest BCUT2D eigenvalue weighted by molar-refractivity contribution is 8.00. The third kappa shape index (κ3) is 4.14. The number of nitrogens with zero attached hydrogens (tertiary/aromatic N) is 1. The number of anilines is 1. The Morgan fingerprint density at radius 3 is 2.65 bits per heavy atom. The van der Waals surface area contributed by atoms with Crippen molar-refractivity contribution < 1.29 is 9.72 Å². The van der Waals surface area contributed by atoms with Gasteiger partial charge in [0.05, 0.1) is 10.6 Å². The molecular weight excluding hydrogens is 348 g/mol. The Morgan fingerprint density at radius 2 is 1.96 bits per heavy atom. The summed E-state index contributed by atoms with van der Waals surface area (Å²) in [6.45, 7) is 2.15. The maximum atomic E-state index is 12.6. The summed E-state index contributed by atoms with van der Waals surface area (Å²) in [7, 11) is 0. The van der Waals surface area contributed by atoms with Crippen LogP contribution in [0.1, 0.15) is 36.5 Å². The van der Waals surface area contributed by atoms with Crippen molar-refractivity contribution >= 4 is 28.9 Å². The minimum atomic E-state index is -0.468. The predicted molar refractivity (Wildman–Crippen MR) is 105 cm³/mol. The van der Waals surface area contributed by atoms with E-state index in [0.717, 1.165) is 30.6 Å². The molecular formula is C20H20N2O3S. The molecule has 1 heterocycles. The van der Waals surface area contributed by atoms with Crippen molar-refractivity contribution in [1.82, 2.24) is 0 Å². The number of rotatable bonds is 6. The first-order valence-electron chi connectivity index (χ1n) is 8.61. The van der Waals surface area contributed by atoms with Crippen LogP contribution in [0, 0.1) is 10.1 Å². The Bertz CT molecular complexity index is 846. The second kappa shape index (κ2) is 8.19. The van der Waals surface area contributed by atoms with Crippen LogP contribution in [-0.2, 0) is 0 Å². The zero-order valence-corrected chi connectivity index (χ0v) is 15.3. The molecule has 2 aromatic carbocycles. The predicted octanol–water partition coefficient (Wildman–Crippen LogP) is 5.44. The number of carbonyl (C=O) groups excluding carboxylic acids is 1. The summed E-state index contributed by atoms with van der Waals surface area (Å²) in [6, 6.07) is 13.8. The highest BCUT2D eigenvalue weighted by atomic mass is 32.2. The molecule has 5 nitrogen and oxygen atoms in total. The highest BCUT2D eigenvalue weighted by Gasteiger charge is 2.24. The summed E-state index contributed by atoms with van der Waals surface area (Å²) in [6.07, 6.45) is 4.80. The van der Waals surface area contributed by atoms with Crippen molar-refractivity contribution in [1.29, 1.82) is 0 Å². The summed E-state index contributed by atoms with van der Waals surface area (Å²) in [5.41, 5.74) is 2.33. The number of nitro benzene ring substituents is 1. The van der Waals surface area contributed by atoms with Gasteiger partial charge < -0.3 is 5.32 Å². The summed E-state index contributed by atoms with van der Waals surface area (Å²) in [5, 5.41) is 14.4. The van der Waals surface area contributed by atoms with E-state index in [4.69, 9.17) is 0 Å². The van der Waals surface area contributed by atoms with E-state index in [1.54, 1.807) is 17.8 Å². The monoisotopic (exact) mass is 368 g/mol. The summed E-state index contributed by atoms with van der Waals surface area (Å²) >= 11 is 1.78. The molecule has 2 aromatic rings. The summed E-state index contributed by atoms with van der Waals surface area (Å²) in [4.78, 5) is 24.1. The average molecular weight is 368 g/mol. The van der Waals surface area contributed by atoms with Gasteiger partial charge in [0.25, 0.3) is 5.69 Å². The van der Waals surface area contributed by atoms with Gasteiger partial charge in [-0.25, -0.2) is 0 Å². The molecule has 26 heavy (non-hydrogen) atoms. The van der Waals surface area contributed by atoms with Crippen molar-refractivity contribution in [3.63, 3.8) is 0 Å². The van der Waals surface area contributed by atoms with E-state index < -0.39 is 4.92 Å². The number of allylic oxidation sites excluding steroid dienone is 1. The number of ketones is 1. The van der Waals surface area contributed by atoms with Crippen molar-refractivity contribution in [3.05, 3.63) is 76.0 Å². The smallest absolute Gasteiger partial charge is 0.269 e. The van der Waals surface area contributed by atoms with Crippen LogP contribution < -0.4 is 5.32 Å². The van der Waals surface area contributed by atoms with E-state index in [9.17, 15) is 14.9 Å². The highest BCUT2D eigenvalue weighted by Crippen LogP contribution is 2.41. The standard InChI is InChI=1S/C20H20N2O3S/c1-2-3-7-20-17(21-16-6-4-5-8-19(16)26-20)13-18(23)14-9-11-15(12-10-14)22(24)25/h4-6,8-13,20-21H,2-3,7H2,1H3/b17-13-. The van der Waals surface area contributed by atoms with Crippen molar-refractivity contribution in [2.24, 2.45) is 0 Å². The normalized spacial score (nSPS) is 17.4. The van der Waals surface area contributed by atoms with Crippen LogP contribution in [0.2, 0.25) is 0 Å². The fourth-order valence-electron chi connectivity index (χ4n) is 2.83. The van der Waals surface area contributed by atoms with Crippen molar-refractivity contribution in [2.75, 3.05) is 5.32 Å². The number of thioether (sulfide) groups is 1. The maximum absolute atomic E-state index is 12.6. The van der Waals surface area contributed by atoms with Gasteiger partial charge in [-0.15, -0.1) is 11.8 Å². The second-order valence-corrected chi connectivity index (χ2v) is 7.38. The average Bonchev–Trinajstić information content (AvgIpc) is 2.66. The third-order valence-corrected chi connectivity index (χ3v) is 5.64. The minimum Gasteiger partial charge on any atom is -0.357 e. The lowest BCUT2D eigenvalue weighted by molar-refractivity contribution is -0.384. The van der Waals surface area contributed by atoms with Crippen LogP contribution in [0.3, 0.4) is 0 Å². The van der Waals surface area contributed by atoms with E-state index in [-0.39, 0.29) is 16.7 Å². The number of nitro groups is 1. The Hall–Kier alpha value is -2.60. The molecule has 6 heteroatoms. The molecule has 1 atom stereocenters. The first-order valence-corrected chi connectivity index (χ1v) is 9.49. The second-order valence-electron chi connectivity index (χ2n) is 6.14. The molecule has 0 aliphatic carbocycles. The molecule has 1 N–H and O–H groups in total. The molecule has 134 valence electrons. The number of benzene rings is 2. The zero-order valence-electron chi connectivity index (χ0n) is 14.5. The van der Waals surface area contributed by atoms with E-state index in [1.165, 1.54) is 29.2 Å². The number of unbranched alkanes of at least 4 members (excludes halogenated alkanes) is 1. The zero-order chi connectivity index (χ0) is 18.5. The van der Waals surface area contributed by atoms with Crippen LogP contribution in [0.4, 0.5) is 11.4 Å². The molecule has 0 amide bonds. The maximum Gasteiger partial charge on any atom is 0.269 e. The number of fused-ring (bicyclic) bond motifs is 1. The lowest BCUT2D eigenvalue weighted by Crippen LogP contribution is -2.20. The molecule has 1 unspecified atom stereocenters. The van der Waals surface area contributed by atoms with Gasteiger partial charge in [0.2, 0.25) is 0 Å². The lowest BCUT2D eigenvalue weighted by atomic mass is 10.1. The van der Waals surface area contributed by atoms with E-state index in [2.05, 4.69) is 18.3 Å². The van der Waals surface area contributed by atoms with Gasteiger partial charge in [0.15, 0.2) is 5.78 Å². The minimum absolute atomic E-state index is 0.0182. The van der Waals surface area contributed by atoms with E-state index >= 15 is 0 Å². The SMILES string of the molecule is CCCCC1Sc2ccccc2N/C1=C\C(=O)c1ccc([N+](=O)[O-])cc1. The number of nitrogens with one attached hydrogen (secondary N) is 1. The van der Waals surface area contributed by atoms with E-state index in [0.29, 0.717) is 5.56 Å². The van der Waals surface area contributed by atoms with Gasteiger partial charge in [-0.1, -0.05) is 31.9 Å². The number of hydrogen-bond acceptors (Lipinski definition) is 5. The third-order valence-electron chi connectivity index (χ3n) is 4.25. The van der Waals surface area contributed by atoms with Gasteiger partial charge in [-0.2, -0.15) is 0 Å². The van der Waals surface area contributed by atoms with Gasteiger partial charge in [0.1, 0.15) is 0 Å². The fraction of sp³-hybridized carbons (Fsp3) is 0.250. The Kier molecular flexibility index (Phi) is 5.73. The number of hydrogen-bond donors (Lipinski definition) is 1. The summed E-state index contributed by atoms with van der Waals surface area (Å²) < 4.78 is 0. The van der Waals surface area contributed by atoms with Crippen LogP contribution in [0.5, 0.6) is 0 Å². The molecule has 0 bridgehead atoms. The Labute approximate surface area is 156 Å². The van der Waals surface area contributed by atoms with Crippen LogP contribution in [0.15, 0.2) is 65.2 Å². The number of para-hydroxylation sites is 1. The first-order chi connectivity index (χ1) is 12.6. The topological polar surface area (TPSA) is 72.2 Å². The molecule has 3 rings (SSSR count). The van der Waals surface area contributed by atoms with Crippen LogP contribution >= 0.6 is 11.8 Å². The number of carbonyl (C=O) groups is 1. The van der Waals surface area contributed by atoms with Crippen LogP contribution in [0.25, 0.3) is 0 Å². The lowest BCUT2D eigenvalue weighted by Gasteiger charge is -2.28. The molecule has 0 spiro atoms. The largest absolute Gasteiger partial charge is 0.357 e. The van der Waals surface area contributed by atoms with Gasteiger partial charge >= 0.3 is 0 Å². The molecule has 0 fully saturated rings. The van der Waals surface area contributed by atoms with Crippen molar-refractivity contribution in [2.45, 2.75) is 36.3 Å². The van der Waals surface area contributed by atoms with Gasteiger partial charge in [0, 0.05) is 39.6 Å². The van der Waals surface area contributed by atoms with Crippen molar-refractivity contribution in [3.8, 4) is 0 Å². The molecule has 0 aromatic heterocycles. The molecule has 0 saturated carbocycles. The quantitative estimate of drug-likeness (QED) is 0.318. The molecule has 1 aliphatic heterocycles. The van der Waals surface area contributed by atoms with E-state index in [1.807, 2.05) is 18.2 Å². The molecule has 0 saturated heterocycles. The van der Waals surface area contributed by atoms with Gasteiger partial charge in [-0.05, 0) is 30.7 Å². The van der Waals surface area contributed by atoms with Gasteiger partial charge in [-0.3, -0.25) is 14.9 Å². The summed E-state index contributed by atoms with van der Waals surface area (Å²) in [5.74, 6) is -0.149. The fourth-order valence-corrected chi connectivity index (χ4v) is 4.08. The van der Waals surface area contributed by atoms with Crippen LogP contribution in [-0.4, -0.2) is 16.0 Å². The Balaban J connectivity index is 1.85. The molecule has 1 aliphatic rings. The number of non-ortho nitro benzene ring substituents is 1. The Morgan fingerprint density at radius 1 is 1.23 bits per heavy atom. The first kappa shape index (κ1) is 18.2. The molecule has 0 radical (unpaired) electrons.